The largest absolute Gasteiger partial charge is 0.495 e. The fourth-order valence-electron chi connectivity index (χ4n) is 1.97. The van der Waals surface area contributed by atoms with Crippen molar-refractivity contribution in [2.45, 2.75) is 13.0 Å². The van der Waals surface area contributed by atoms with Gasteiger partial charge in [-0.05, 0) is 25.1 Å². The first-order chi connectivity index (χ1) is 7.72. The van der Waals surface area contributed by atoms with E-state index in [1.165, 1.54) is 0 Å². The summed E-state index contributed by atoms with van der Waals surface area (Å²) in [4.78, 5) is 2.33. The first-order valence-corrected chi connectivity index (χ1v) is 6.19. The summed E-state index contributed by atoms with van der Waals surface area (Å²) < 4.78 is 11.9. The van der Waals surface area contributed by atoms with Crippen LogP contribution in [0.2, 0.25) is 0 Å². The molecular weight excluding hydrogens is 270 g/mol. The Morgan fingerprint density at radius 3 is 3.00 bits per heavy atom. The summed E-state index contributed by atoms with van der Waals surface area (Å²) >= 11 is 3.50. The van der Waals surface area contributed by atoms with E-state index in [0.29, 0.717) is 6.04 Å². The van der Waals surface area contributed by atoms with Crippen LogP contribution in [0.5, 0.6) is 5.75 Å². The SMILES string of the molecule is COc1ccc(Br)cc1N1CCOC[C@@H]1C. The van der Waals surface area contributed by atoms with E-state index in [9.17, 15) is 0 Å². The molecule has 16 heavy (non-hydrogen) atoms. The van der Waals surface area contributed by atoms with Crippen molar-refractivity contribution >= 4 is 21.6 Å². The number of halogens is 1. The molecule has 88 valence electrons. The molecule has 0 saturated carbocycles. The topological polar surface area (TPSA) is 21.7 Å². The van der Waals surface area contributed by atoms with E-state index in [-0.39, 0.29) is 0 Å². The maximum absolute atomic E-state index is 5.44. The molecule has 2 rings (SSSR count). The van der Waals surface area contributed by atoms with Gasteiger partial charge in [-0.2, -0.15) is 0 Å². The minimum atomic E-state index is 0.386. The first-order valence-electron chi connectivity index (χ1n) is 5.40. The van der Waals surface area contributed by atoms with Crippen LogP contribution in [-0.2, 0) is 4.74 Å². The summed E-state index contributed by atoms with van der Waals surface area (Å²) in [6.07, 6.45) is 0. The normalized spacial score (nSPS) is 20.9. The predicted molar refractivity (Wildman–Crippen MR) is 68.3 cm³/mol. The highest BCUT2D eigenvalue weighted by atomic mass is 79.9. The van der Waals surface area contributed by atoms with Crippen LogP contribution in [0.1, 0.15) is 6.92 Å². The number of rotatable bonds is 2. The third kappa shape index (κ3) is 2.33. The molecule has 0 amide bonds. The first kappa shape index (κ1) is 11.7. The quantitative estimate of drug-likeness (QED) is 0.834. The molecule has 0 spiro atoms. The number of nitrogens with zero attached hydrogens (tertiary/aromatic N) is 1. The molecule has 0 unspecified atom stereocenters. The molecule has 0 aliphatic carbocycles. The second-order valence-corrected chi connectivity index (χ2v) is 4.85. The van der Waals surface area contributed by atoms with Crippen LogP contribution in [0, 0.1) is 0 Å². The van der Waals surface area contributed by atoms with E-state index in [2.05, 4.69) is 33.8 Å². The lowest BCUT2D eigenvalue weighted by atomic mass is 10.2. The molecule has 0 aromatic heterocycles. The molecule has 1 aromatic carbocycles. The van der Waals surface area contributed by atoms with Crippen molar-refractivity contribution in [1.29, 1.82) is 0 Å². The van der Waals surface area contributed by atoms with Gasteiger partial charge >= 0.3 is 0 Å². The Hall–Kier alpha value is -0.740. The molecule has 1 saturated heterocycles. The Kier molecular flexibility index (Phi) is 3.71. The van der Waals surface area contributed by atoms with Crippen LogP contribution in [0.25, 0.3) is 0 Å². The van der Waals surface area contributed by atoms with Crippen molar-refractivity contribution in [2.24, 2.45) is 0 Å². The average molecular weight is 286 g/mol. The molecular formula is C12H16BrNO2. The average Bonchev–Trinajstić information content (AvgIpc) is 2.29. The van der Waals surface area contributed by atoms with Crippen LogP contribution < -0.4 is 9.64 Å². The van der Waals surface area contributed by atoms with Gasteiger partial charge in [-0.1, -0.05) is 15.9 Å². The minimum absolute atomic E-state index is 0.386. The van der Waals surface area contributed by atoms with E-state index in [1.54, 1.807) is 7.11 Å². The molecule has 1 fully saturated rings. The van der Waals surface area contributed by atoms with Gasteiger partial charge < -0.3 is 14.4 Å². The molecule has 1 aliphatic rings. The fraction of sp³-hybridized carbons (Fsp3) is 0.500. The predicted octanol–water partition coefficient (Wildman–Crippen LogP) is 2.68. The van der Waals surface area contributed by atoms with Gasteiger partial charge in [0, 0.05) is 17.1 Å². The van der Waals surface area contributed by atoms with Crippen LogP contribution >= 0.6 is 15.9 Å². The molecule has 0 N–H and O–H groups in total. The Morgan fingerprint density at radius 1 is 1.50 bits per heavy atom. The number of ether oxygens (including phenoxy) is 2. The molecule has 1 aliphatic heterocycles. The van der Waals surface area contributed by atoms with E-state index in [1.807, 2.05) is 12.1 Å². The van der Waals surface area contributed by atoms with Gasteiger partial charge in [0.2, 0.25) is 0 Å². The van der Waals surface area contributed by atoms with Crippen LogP contribution in [-0.4, -0.2) is 32.9 Å². The van der Waals surface area contributed by atoms with Crippen LogP contribution in [0.15, 0.2) is 22.7 Å². The van der Waals surface area contributed by atoms with Crippen molar-refractivity contribution in [1.82, 2.24) is 0 Å². The summed E-state index contributed by atoms with van der Waals surface area (Å²) in [5.74, 6) is 0.914. The molecule has 1 aromatic rings. The molecule has 4 heteroatoms. The maximum atomic E-state index is 5.44. The zero-order valence-corrected chi connectivity index (χ0v) is 11.2. The van der Waals surface area contributed by atoms with Gasteiger partial charge in [-0.15, -0.1) is 0 Å². The Balaban J connectivity index is 2.33. The third-order valence-electron chi connectivity index (χ3n) is 2.82. The summed E-state index contributed by atoms with van der Waals surface area (Å²) in [6, 6.07) is 6.47. The number of benzene rings is 1. The van der Waals surface area contributed by atoms with E-state index in [0.717, 1.165) is 35.7 Å². The number of methoxy groups -OCH3 is 1. The van der Waals surface area contributed by atoms with Gasteiger partial charge in [0.05, 0.1) is 26.0 Å². The summed E-state index contributed by atoms with van der Waals surface area (Å²) in [6.45, 7) is 4.63. The van der Waals surface area contributed by atoms with E-state index >= 15 is 0 Å². The summed E-state index contributed by atoms with van der Waals surface area (Å²) in [5.41, 5.74) is 1.13. The number of hydrogen-bond donors (Lipinski definition) is 0. The van der Waals surface area contributed by atoms with E-state index < -0.39 is 0 Å². The van der Waals surface area contributed by atoms with Crippen molar-refractivity contribution in [3.05, 3.63) is 22.7 Å². The van der Waals surface area contributed by atoms with Crippen molar-refractivity contribution in [3.63, 3.8) is 0 Å². The fourth-order valence-corrected chi connectivity index (χ4v) is 2.32. The second-order valence-electron chi connectivity index (χ2n) is 3.93. The molecule has 0 radical (unpaired) electrons. The third-order valence-corrected chi connectivity index (χ3v) is 3.31. The molecule has 3 nitrogen and oxygen atoms in total. The lowest BCUT2D eigenvalue weighted by Crippen LogP contribution is -2.43. The van der Waals surface area contributed by atoms with Crippen molar-refractivity contribution in [3.8, 4) is 5.75 Å². The second kappa shape index (κ2) is 5.06. The molecule has 1 heterocycles. The van der Waals surface area contributed by atoms with Gasteiger partial charge in [-0.3, -0.25) is 0 Å². The zero-order valence-electron chi connectivity index (χ0n) is 9.57. The lowest BCUT2D eigenvalue weighted by Gasteiger charge is -2.36. The standard InChI is InChI=1S/C12H16BrNO2/c1-9-8-16-6-5-14(9)11-7-10(13)3-4-12(11)15-2/h3-4,7,9H,5-6,8H2,1-2H3/t9-/m0/s1. The molecule has 1 atom stereocenters. The number of hydrogen-bond acceptors (Lipinski definition) is 3. The maximum Gasteiger partial charge on any atom is 0.142 e. The van der Waals surface area contributed by atoms with Gasteiger partial charge in [0.15, 0.2) is 0 Å². The highest BCUT2D eigenvalue weighted by molar-refractivity contribution is 9.10. The van der Waals surface area contributed by atoms with E-state index in [4.69, 9.17) is 9.47 Å². The monoisotopic (exact) mass is 285 g/mol. The molecule has 0 bridgehead atoms. The number of anilines is 1. The summed E-state index contributed by atoms with van der Waals surface area (Å²) in [7, 11) is 1.71. The Bertz CT molecular complexity index is 370. The highest BCUT2D eigenvalue weighted by Gasteiger charge is 2.21. The number of morpholine rings is 1. The van der Waals surface area contributed by atoms with Crippen molar-refractivity contribution < 1.29 is 9.47 Å². The smallest absolute Gasteiger partial charge is 0.142 e. The van der Waals surface area contributed by atoms with Crippen molar-refractivity contribution in [2.75, 3.05) is 31.8 Å². The lowest BCUT2D eigenvalue weighted by molar-refractivity contribution is 0.0986. The zero-order chi connectivity index (χ0) is 11.5. The summed E-state index contributed by atoms with van der Waals surface area (Å²) in [5, 5.41) is 0. The highest BCUT2D eigenvalue weighted by Crippen LogP contribution is 2.33. The minimum Gasteiger partial charge on any atom is -0.495 e. The van der Waals surface area contributed by atoms with Gasteiger partial charge in [0.25, 0.3) is 0 Å². The van der Waals surface area contributed by atoms with Crippen LogP contribution in [0.4, 0.5) is 5.69 Å². The van der Waals surface area contributed by atoms with Gasteiger partial charge in [-0.25, -0.2) is 0 Å². The Labute approximate surface area is 104 Å². The van der Waals surface area contributed by atoms with Crippen LogP contribution in [0.3, 0.4) is 0 Å². The Morgan fingerprint density at radius 2 is 2.31 bits per heavy atom. The van der Waals surface area contributed by atoms with Gasteiger partial charge in [0.1, 0.15) is 5.75 Å².